The molecule has 7 heteroatoms. The Morgan fingerprint density at radius 2 is 1.56 bits per heavy atom. The van der Waals surface area contributed by atoms with Gasteiger partial charge in [0.15, 0.2) is 6.61 Å². The smallest absolute Gasteiger partial charge is 0.344 e. The summed E-state index contributed by atoms with van der Waals surface area (Å²) >= 11 is 3.31. The monoisotopic (exact) mass is 403 g/mol. The van der Waals surface area contributed by atoms with E-state index in [0.29, 0.717) is 16.9 Å². The average molecular weight is 404 g/mol. The molecule has 0 aromatic heterocycles. The quantitative estimate of drug-likeness (QED) is 0.547. The van der Waals surface area contributed by atoms with Gasteiger partial charge in [0, 0.05) is 4.47 Å². The second kappa shape index (κ2) is 7.48. The molecule has 0 spiro atoms. The van der Waals surface area contributed by atoms with Gasteiger partial charge in [-0.1, -0.05) is 28.1 Å². The summed E-state index contributed by atoms with van der Waals surface area (Å²) in [5, 5.41) is 0. The number of esters is 1. The number of fused-ring (bicyclic) bond motifs is 1. The Kier molecular flexibility index (Phi) is 5.14. The SMILES string of the molecule is O=C(COc1ccc(Br)cc1)OCCN1C(=O)c2ccccc2C1=O. The first kappa shape index (κ1) is 17.2. The van der Waals surface area contributed by atoms with Crippen molar-refractivity contribution in [3.05, 3.63) is 64.1 Å². The molecule has 0 saturated heterocycles. The minimum atomic E-state index is -0.570. The summed E-state index contributed by atoms with van der Waals surface area (Å²) in [7, 11) is 0. The van der Waals surface area contributed by atoms with Crippen LogP contribution in [0.5, 0.6) is 5.75 Å². The number of halogens is 1. The third kappa shape index (κ3) is 3.88. The maximum atomic E-state index is 12.2. The van der Waals surface area contributed by atoms with Crippen LogP contribution in [0.4, 0.5) is 0 Å². The van der Waals surface area contributed by atoms with Crippen LogP contribution in [0, 0.1) is 0 Å². The fourth-order valence-corrected chi connectivity index (χ4v) is 2.67. The van der Waals surface area contributed by atoms with Gasteiger partial charge in [-0.25, -0.2) is 4.79 Å². The van der Waals surface area contributed by atoms with E-state index in [1.807, 2.05) is 0 Å². The van der Waals surface area contributed by atoms with E-state index in [1.54, 1.807) is 48.5 Å². The van der Waals surface area contributed by atoms with E-state index in [9.17, 15) is 14.4 Å². The summed E-state index contributed by atoms with van der Waals surface area (Å²) in [6.07, 6.45) is 0. The topological polar surface area (TPSA) is 72.9 Å². The molecule has 0 radical (unpaired) electrons. The number of rotatable bonds is 6. The maximum absolute atomic E-state index is 12.2. The molecule has 3 rings (SSSR count). The maximum Gasteiger partial charge on any atom is 0.344 e. The van der Waals surface area contributed by atoms with Crippen LogP contribution in [0.15, 0.2) is 53.0 Å². The summed E-state index contributed by atoms with van der Waals surface area (Å²) in [6, 6.07) is 13.6. The summed E-state index contributed by atoms with van der Waals surface area (Å²) in [5.74, 6) is -0.773. The number of hydrogen-bond acceptors (Lipinski definition) is 5. The van der Waals surface area contributed by atoms with Crippen molar-refractivity contribution in [1.82, 2.24) is 4.90 Å². The van der Waals surface area contributed by atoms with Gasteiger partial charge in [0.2, 0.25) is 0 Å². The van der Waals surface area contributed by atoms with Crippen LogP contribution < -0.4 is 4.74 Å². The zero-order valence-corrected chi connectivity index (χ0v) is 14.7. The number of carbonyl (C=O) groups is 3. The van der Waals surface area contributed by atoms with Crippen molar-refractivity contribution >= 4 is 33.7 Å². The molecule has 0 N–H and O–H groups in total. The van der Waals surface area contributed by atoms with Crippen molar-refractivity contribution in [3.63, 3.8) is 0 Å². The number of benzene rings is 2. The Balaban J connectivity index is 1.45. The van der Waals surface area contributed by atoms with Gasteiger partial charge in [-0.2, -0.15) is 0 Å². The van der Waals surface area contributed by atoms with Gasteiger partial charge in [0.05, 0.1) is 17.7 Å². The second-order valence-electron chi connectivity index (χ2n) is 5.27. The van der Waals surface area contributed by atoms with Crippen LogP contribution in [-0.2, 0) is 9.53 Å². The highest BCUT2D eigenvalue weighted by atomic mass is 79.9. The van der Waals surface area contributed by atoms with Crippen LogP contribution in [-0.4, -0.2) is 42.4 Å². The van der Waals surface area contributed by atoms with Crippen molar-refractivity contribution in [1.29, 1.82) is 0 Å². The van der Waals surface area contributed by atoms with Crippen molar-refractivity contribution in [3.8, 4) is 5.75 Å². The molecular weight excluding hydrogens is 390 g/mol. The number of hydrogen-bond donors (Lipinski definition) is 0. The molecule has 0 fully saturated rings. The van der Waals surface area contributed by atoms with E-state index in [2.05, 4.69) is 15.9 Å². The summed E-state index contributed by atoms with van der Waals surface area (Å²) in [6.45, 7) is -0.311. The third-order valence-electron chi connectivity index (χ3n) is 3.63. The van der Waals surface area contributed by atoms with E-state index in [-0.39, 0.29) is 31.6 Å². The Labute approximate surface area is 152 Å². The van der Waals surface area contributed by atoms with Crippen LogP contribution >= 0.6 is 15.9 Å². The molecule has 0 atom stereocenters. The minimum absolute atomic E-state index is 0.0103. The molecule has 0 saturated carbocycles. The number of carbonyl (C=O) groups excluding carboxylic acids is 3. The van der Waals surface area contributed by atoms with Gasteiger partial charge < -0.3 is 9.47 Å². The number of ether oxygens (including phenoxy) is 2. The second-order valence-corrected chi connectivity index (χ2v) is 6.19. The van der Waals surface area contributed by atoms with Crippen LogP contribution in [0.1, 0.15) is 20.7 Å². The predicted molar refractivity (Wildman–Crippen MR) is 92.4 cm³/mol. The fourth-order valence-electron chi connectivity index (χ4n) is 2.41. The number of nitrogens with zero attached hydrogens (tertiary/aromatic N) is 1. The standard InChI is InChI=1S/C18H14BrNO5/c19-12-5-7-13(8-6-12)25-11-16(21)24-10-9-20-17(22)14-3-1-2-4-15(14)18(20)23/h1-8H,9-11H2. The first-order chi connectivity index (χ1) is 12.1. The highest BCUT2D eigenvalue weighted by Gasteiger charge is 2.34. The largest absolute Gasteiger partial charge is 0.482 e. The molecule has 128 valence electrons. The molecule has 6 nitrogen and oxygen atoms in total. The highest BCUT2D eigenvalue weighted by molar-refractivity contribution is 9.10. The Morgan fingerprint density at radius 1 is 0.960 bits per heavy atom. The molecule has 2 aromatic rings. The summed E-state index contributed by atoms with van der Waals surface area (Å²) in [4.78, 5) is 37.1. The lowest BCUT2D eigenvalue weighted by atomic mass is 10.1. The molecule has 0 aliphatic carbocycles. The van der Waals surface area contributed by atoms with Crippen LogP contribution in [0.3, 0.4) is 0 Å². The number of amides is 2. The molecule has 0 unspecified atom stereocenters. The molecule has 25 heavy (non-hydrogen) atoms. The predicted octanol–water partition coefficient (Wildman–Crippen LogP) is 2.67. The summed E-state index contributed by atoms with van der Waals surface area (Å²) < 4.78 is 11.2. The lowest BCUT2D eigenvalue weighted by Gasteiger charge is -2.14. The third-order valence-corrected chi connectivity index (χ3v) is 4.16. The van der Waals surface area contributed by atoms with Crippen molar-refractivity contribution < 1.29 is 23.9 Å². The first-order valence-electron chi connectivity index (χ1n) is 7.55. The molecule has 2 amide bonds. The summed E-state index contributed by atoms with van der Waals surface area (Å²) in [5.41, 5.74) is 0.745. The van der Waals surface area contributed by atoms with E-state index >= 15 is 0 Å². The van der Waals surface area contributed by atoms with E-state index < -0.39 is 5.97 Å². The van der Waals surface area contributed by atoms with Crippen molar-refractivity contribution in [2.45, 2.75) is 0 Å². The Hall–Kier alpha value is -2.67. The van der Waals surface area contributed by atoms with E-state index in [4.69, 9.17) is 9.47 Å². The molecule has 1 aliphatic heterocycles. The molecule has 0 bridgehead atoms. The van der Waals surface area contributed by atoms with E-state index in [0.717, 1.165) is 9.37 Å². The van der Waals surface area contributed by atoms with Crippen LogP contribution in [0.2, 0.25) is 0 Å². The zero-order chi connectivity index (χ0) is 17.8. The molecule has 2 aromatic carbocycles. The van der Waals surface area contributed by atoms with Crippen molar-refractivity contribution in [2.24, 2.45) is 0 Å². The van der Waals surface area contributed by atoms with Crippen LogP contribution in [0.25, 0.3) is 0 Å². The lowest BCUT2D eigenvalue weighted by Crippen LogP contribution is -2.33. The average Bonchev–Trinajstić information content (AvgIpc) is 2.86. The van der Waals surface area contributed by atoms with Gasteiger partial charge in [-0.3, -0.25) is 14.5 Å². The minimum Gasteiger partial charge on any atom is -0.482 e. The molecular formula is C18H14BrNO5. The van der Waals surface area contributed by atoms with Gasteiger partial charge >= 0.3 is 5.97 Å². The number of imide groups is 1. The molecule has 1 aliphatic rings. The molecule has 1 heterocycles. The normalized spacial score (nSPS) is 12.9. The van der Waals surface area contributed by atoms with Gasteiger partial charge in [-0.15, -0.1) is 0 Å². The Morgan fingerprint density at radius 3 is 2.16 bits per heavy atom. The van der Waals surface area contributed by atoms with Crippen molar-refractivity contribution in [2.75, 3.05) is 19.8 Å². The van der Waals surface area contributed by atoms with Gasteiger partial charge in [0.1, 0.15) is 12.4 Å². The zero-order valence-electron chi connectivity index (χ0n) is 13.1. The van der Waals surface area contributed by atoms with Gasteiger partial charge in [-0.05, 0) is 36.4 Å². The Bertz CT molecular complexity index is 783. The highest BCUT2D eigenvalue weighted by Crippen LogP contribution is 2.22. The fraction of sp³-hybridized carbons (Fsp3) is 0.167. The van der Waals surface area contributed by atoms with E-state index in [1.165, 1.54) is 0 Å². The first-order valence-corrected chi connectivity index (χ1v) is 8.35. The lowest BCUT2D eigenvalue weighted by molar-refractivity contribution is -0.146. The van der Waals surface area contributed by atoms with Gasteiger partial charge in [0.25, 0.3) is 11.8 Å².